The van der Waals surface area contributed by atoms with Gasteiger partial charge in [0.25, 0.3) is 0 Å². The van der Waals surface area contributed by atoms with Crippen molar-refractivity contribution < 1.29 is 8.76 Å². The van der Waals surface area contributed by atoms with Crippen molar-refractivity contribution in [3.63, 3.8) is 0 Å². The number of hydrogen-bond acceptors (Lipinski definition) is 5. The fraction of sp³-hybridized carbons (Fsp3) is 0. The van der Waals surface area contributed by atoms with Crippen LogP contribution in [0.2, 0.25) is 0 Å². The van der Waals surface area contributed by atoms with E-state index in [9.17, 15) is 8.76 Å². The molecule has 0 N–H and O–H groups in total. The summed E-state index contributed by atoms with van der Waals surface area (Å²) in [5, 5.41) is 0. The first-order valence-electron chi connectivity index (χ1n) is 3.02. The first-order chi connectivity index (χ1) is 5.79. The van der Waals surface area contributed by atoms with Gasteiger partial charge >= 0.3 is 0 Å². The normalized spacial score (nSPS) is 13.4. The first-order valence-corrected chi connectivity index (χ1v) is 4.05. The van der Waals surface area contributed by atoms with Gasteiger partial charge in [0.1, 0.15) is 18.2 Å². The highest BCUT2D eigenvalue weighted by Gasteiger charge is 2.01. The highest BCUT2D eigenvalue weighted by molar-refractivity contribution is 7.77. The zero-order chi connectivity index (χ0) is 8.55. The van der Waals surface area contributed by atoms with Crippen molar-refractivity contribution >= 4 is 22.4 Å². The zero-order valence-corrected chi connectivity index (χ0v) is 6.56. The van der Waals surface area contributed by atoms with E-state index >= 15 is 0 Å². The Bertz CT molecular complexity index is 440. The minimum absolute atomic E-state index is 0.370. The topological polar surface area (TPSA) is 83.7 Å². The lowest BCUT2D eigenvalue weighted by Crippen LogP contribution is -2.00. The number of imidazole rings is 1. The molecule has 0 saturated carbocycles. The molecule has 0 radical (unpaired) electrons. The molecule has 1 unspecified atom stereocenters. The molecule has 2 heterocycles. The third-order valence-corrected chi connectivity index (χ3v) is 1.97. The smallest absolute Gasteiger partial charge is 0.181 e. The van der Waals surface area contributed by atoms with Crippen LogP contribution in [0.4, 0.5) is 0 Å². The van der Waals surface area contributed by atoms with Crippen molar-refractivity contribution in [3.8, 4) is 0 Å². The van der Waals surface area contributed by atoms with Gasteiger partial charge in [-0.05, 0) is 0 Å². The van der Waals surface area contributed by atoms with E-state index in [4.69, 9.17) is 0 Å². The van der Waals surface area contributed by atoms with E-state index in [1.165, 1.54) is 18.9 Å². The van der Waals surface area contributed by atoms with Gasteiger partial charge in [-0.3, -0.25) is 8.18 Å². The second-order valence-electron chi connectivity index (χ2n) is 2.02. The summed E-state index contributed by atoms with van der Waals surface area (Å²) in [5.74, 6) is 0. The summed E-state index contributed by atoms with van der Waals surface area (Å²) in [4.78, 5) is 11.2. The Morgan fingerprint density at radius 1 is 1.50 bits per heavy atom. The largest absolute Gasteiger partial charge is 0.755 e. The van der Waals surface area contributed by atoms with Crippen molar-refractivity contribution in [1.29, 1.82) is 0 Å². The summed E-state index contributed by atoms with van der Waals surface area (Å²) >= 11 is -2.35. The molecule has 0 spiro atoms. The third kappa shape index (κ3) is 0.990. The molecule has 6 nitrogen and oxygen atoms in total. The van der Waals surface area contributed by atoms with Gasteiger partial charge in [-0.1, -0.05) is 0 Å². The van der Waals surface area contributed by atoms with Crippen LogP contribution in [0.1, 0.15) is 0 Å². The molecule has 2 aromatic rings. The molecule has 62 valence electrons. The Morgan fingerprint density at radius 3 is 3.08 bits per heavy atom. The maximum absolute atomic E-state index is 10.5. The molecule has 0 aromatic carbocycles. The number of nitrogens with zero attached hydrogens (tertiary/aromatic N) is 4. The van der Waals surface area contributed by atoms with E-state index in [1.807, 2.05) is 0 Å². The number of rotatable bonds is 1. The quantitative estimate of drug-likeness (QED) is 0.555. The van der Waals surface area contributed by atoms with Gasteiger partial charge < -0.3 is 4.55 Å². The molecular weight excluding hydrogens is 180 g/mol. The molecular formula is C5H3N4O2S-. The summed E-state index contributed by atoms with van der Waals surface area (Å²) in [5.41, 5.74) is 0.750. The fourth-order valence-electron chi connectivity index (χ4n) is 0.859. The van der Waals surface area contributed by atoms with E-state index in [0.717, 1.165) is 3.97 Å². The van der Waals surface area contributed by atoms with Crippen molar-refractivity contribution in [2.75, 3.05) is 0 Å². The molecule has 7 heteroatoms. The lowest BCUT2D eigenvalue weighted by Gasteiger charge is -2.04. The van der Waals surface area contributed by atoms with Crippen molar-refractivity contribution in [3.05, 3.63) is 18.9 Å². The Hall–Kier alpha value is -1.34. The van der Waals surface area contributed by atoms with Gasteiger partial charge in [0.2, 0.25) is 0 Å². The molecule has 0 aliphatic rings. The summed E-state index contributed by atoms with van der Waals surface area (Å²) in [6.45, 7) is 0. The first kappa shape index (κ1) is 7.32. The molecule has 1 atom stereocenters. The Labute approximate surface area is 69.7 Å². The molecule has 2 aromatic heterocycles. The Morgan fingerprint density at radius 2 is 2.33 bits per heavy atom. The predicted molar refractivity (Wildman–Crippen MR) is 39.6 cm³/mol. The standard InChI is InChI=1S/C5H4N4O2S/c10-12(11)9-3-8-5-4(9)1-6-2-7-5/h1-3H,(H,10,11)/p-1. The highest BCUT2D eigenvalue weighted by Crippen LogP contribution is 2.07. The van der Waals surface area contributed by atoms with Crippen molar-refractivity contribution in [2.45, 2.75) is 0 Å². The average Bonchev–Trinajstić information content (AvgIpc) is 2.47. The molecule has 0 saturated heterocycles. The van der Waals surface area contributed by atoms with Gasteiger partial charge in [-0.15, -0.1) is 0 Å². The molecule has 0 fully saturated rings. The molecule has 12 heavy (non-hydrogen) atoms. The van der Waals surface area contributed by atoms with Crippen molar-refractivity contribution in [1.82, 2.24) is 18.9 Å². The zero-order valence-electron chi connectivity index (χ0n) is 5.75. The van der Waals surface area contributed by atoms with Crippen LogP contribution >= 0.6 is 0 Å². The van der Waals surface area contributed by atoms with Crippen LogP contribution in [0.15, 0.2) is 18.9 Å². The minimum atomic E-state index is -2.35. The van der Waals surface area contributed by atoms with Crippen molar-refractivity contribution in [2.24, 2.45) is 0 Å². The summed E-state index contributed by atoms with van der Waals surface area (Å²) in [6, 6.07) is 0. The number of fused-ring (bicyclic) bond motifs is 1. The average molecular weight is 183 g/mol. The minimum Gasteiger partial charge on any atom is -0.755 e. The van der Waals surface area contributed by atoms with Gasteiger partial charge in [-0.25, -0.2) is 15.0 Å². The molecule has 0 bridgehead atoms. The summed E-state index contributed by atoms with van der Waals surface area (Å²) in [7, 11) is 0. The third-order valence-electron chi connectivity index (χ3n) is 1.36. The van der Waals surface area contributed by atoms with E-state index in [2.05, 4.69) is 15.0 Å². The predicted octanol–water partition coefficient (Wildman–Crippen LogP) is -0.532. The van der Waals surface area contributed by atoms with Crippen LogP contribution < -0.4 is 0 Å². The van der Waals surface area contributed by atoms with Crippen LogP contribution in [-0.4, -0.2) is 27.7 Å². The van der Waals surface area contributed by atoms with Crippen LogP contribution in [0.3, 0.4) is 0 Å². The van der Waals surface area contributed by atoms with E-state index in [0.29, 0.717) is 11.2 Å². The van der Waals surface area contributed by atoms with E-state index in [1.54, 1.807) is 0 Å². The lowest BCUT2D eigenvalue weighted by molar-refractivity contribution is 0.529. The van der Waals surface area contributed by atoms with E-state index in [-0.39, 0.29) is 0 Å². The summed E-state index contributed by atoms with van der Waals surface area (Å²) in [6.07, 6.45) is 3.89. The monoisotopic (exact) mass is 183 g/mol. The SMILES string of the molecule is O=S([O-])n1cnc2ncncc21. The van der Waals surface area contributed by atoms with Gasteiger partial charge in [0, 0.05) is 0 Å². The Balaban J connectivity index is 2.79. The van der Waals surface area contributed by atoms with E-state index < -0.39 is 11.3 Å². The van der Waals surface area contributed by atoms with Gasteiger partial charge in [0.15, 0.2) is 5.65 Å². The second kappa shape index (κ2) is 2.61. The van der Waals surface area contributed by atoms with Gasteiger partial charge in [0.05, 0.1) is 17.5 Å². The lowest BCUT2D eigenvalue weighted by atomic mass is 10.6. The molecule has 0 aliphatic carbocycles. The van der Waals surface area contributed by atoms with Crippen LogP contribution in [0, 0.1) is 0 Å². The van der Waals surface area contributed by atoms with Crippen LogP contribution in [0.5, 0.6) is 0 Å². The maximum atomic E-state index is 10.5. The van der Waals surface area contributed by atoms with Crippen LogP contribution in [-0.2, 0) is 11.3 Å². The summed E-state index contributed by atoms with van der Waals surface area (Å²) < 4.78 is 22.1. The Kier molecular flexibility index (Phi) is 1.59. The maximum Gasteiger partial charge on any atom is 0.181 e. The second-order valence-corrected chi connectivity index (χ2v) is 2.85. The highest BCUT2D eigenvalue weighted by atomic mass is 32.2. The molecule has 0 amide bonds. The van der Waals surface area contributed by atoms with Gasteiger partial charge in [-0.2, -0.15) is 0 Å². The fourth-order valence-corrected chi connectivity index (χ4v) is 1.27. The molecule has 2 rings (SSSR count). The number of hydrogen-bond donors (Lipinski definition) is 0. The van der Waals surface area contributed by atoms with Crippen LogP contribution in [0.25, 0.3) is 11.2 Å². The number of aromatic nitrogens is 4. The molecule has 0 aliphatic heterocycles.